The first-order valence-corrected chi connectivity index (χ1v) is 41.4. The minimum absolute atomic E-state index is 0.00157. The molecule has 0 saturated heterocycles. The Bertz CT molecular complexity index is 6190. The number of rotatable bonds is 18. The molecule has 5 aliphatic rings. The summed E-state index contributed by atoms with van der Waals surface area (Å²) in [6.45, 7) is 41.3. The maximum atomic E-state index is 16.6. The monoisotopic (exact) mass is 1530 g/mol. The summed E-state index contributed by atoms with van der Waals surface area (Å²) in [6, 6.07) is 35.7. The third-order valence-corrected chi connectivity index (χ3v) is 25.3. The number of hydrogen-bond donors (Lipinski definition) is 2. The fourth-order valence-corrected chi connectivity index (χ4v) is 18.7. The van der Waals surface area contributed by atoms with Gasteiger partial charge in [-0.2, -0.15) is 0 Å². The van der Waals surface area contributed by atoms with Crippen molar-refractivity contribution < 1.29 is 43.0 Å². The third-order valence-electron chi connectivity index (χ3n) is 25.3. The van der Waals surface area contributed by atoms with Gasteiger partial charge in [-0.05, 0) is 207 Å². The first kappa shape index (κ1) is 77.9. The van der Waals surface area contributed by atoms with Crippen LogP contribution >= 0.6 is 0 Å². The number of anilines is 1. The molecule has 7 heterocycles. The topological polar surface area (TPSA) is 194 Å². The number of aromatic nitrogens is 4. The van der Waals surface area contributed by atoms with Gasteiger partial charge in [-0.15, -0.1) is 0 Å². The molecule has 3 aromatic heterocycles. The number of H-pyrrole nitrogens is 2. The molecule has 2 N–H and O–H groups in total. The van der Waals surface area contributed by atoms with Crippen molar-refractivity contribution in [3.63, 3.8) is 0 Å². The van der Waals surface area contributed by atoms with Gasteiger partial charge in [0, 0.05) is 102 Å². The number of esters is 1. The van der Waals surface area contributed by atoms with Crippen molar-refractivity contribution >= 4 is 117 Å². The van der Waals surface area contributed by atoms with Crippen LogP contribution in [-0.4, -0.2) is 73.9 Å². The van der Waals surface area contributed by atoms with Gasteiger partial charge in [-0.3, -0.25) is 38.7 Å². The highest BCUT2D eigenvalue weighted by molar-refractivity contribution is 6.45. The van der Waals surface area contributed by atoms with E-state index in [9.17, 15) is 9.59 Å². The number of fused-ring (bicyclic) bond motifs is 10. The number of carbonyl (C=O) groups is 6. The number of nitrogens with zero attached hydrogens (tertiary/aromatic N) is 4. The van der Waals surface area contributed by atoms with Crippen LogP contribution in [0.2, 0.25) is 0 Å². The van der Waals surface area contributed by atoms with Crippen molar-refractivity contribution in [2.45, 2.75) is 236 Å². The van der Waals surface area contributed by atoms with Gasteiger partial charge in [0.15, 0.2) is 5.78 Å². The average molecular weight is 1540 g/mol. The van der Waals surface area contributed by atoms with Crippen molar-refractivity contribution in [3.05, 3.63) is 204 Å². The first-order chi connectivity index (χ1) is 54.5. The summed E-state index contributed by atoms with van der Waals surface area (Å²) >= 11 is 0. The largest absolute Gasteiger partial charge is 0.469 e. The van der Waals surface area contributed by atoms with Crippen molar-refractivity contribution in [3.8, 4) is 34.1 Å². The second kappa shape index (κ2) is 28.4. The second-order valence-corrected chi connectivity index (χ2v) is 36.9. The van der Waals surface area contributed by atoms with Gasteiger partial charge in [0.1, 0.15) is 23.0 Å². The zero-order chi connectivity index (χ0) is 81.9. The highest BCUT2D eigenvalue weighted by Gasteiger charge is 2.43. The number of ketones is 1. The van der Waals surface area contributed by atoms with Crippen molar-refractivity contribution in [1.29, 1.82) is 0 Å². The SMILES string of the molecule is CCCCCCCCN1C(=O)c2ccc3c4c(Oc5cc(C(C)(C)C)cc(C(C)(C)C)c5)cc5c6c(ccc(c7c(Oc8cc(C(C)(C)C)cc(C(C)(C)C)c8)cc(c2c37)C1=O)c64)C(=O)N(c1ccc(-c2c3nc(c4c6[nH]c(cc7nc(cc8[nH]c2c(C)c8CC)C(C)=C7CC)c(C)c6C(=O)C4)[C@@H](CCC(=O)OC)[C@@H]3C)cc1)C5=O. The number of aryl methyl sites for hydroxylation is 3. The Kier molecular flexibility index (Phi) is 19.3. The van der Waals surface area contributed by atoms with Crippen LogP contribution in [0, 0.1) is 13.8 Å². The van der Waals surface area contributed by atoms with Gasteiger partial charge in [0.05, 0.1) is 57.7 Å². The number of carbonyl (C=O) groups excluding carboxylic acids is 6. The van der Waals surface area contributed by atoms with Gasteiger partial charge >= 0.3 is 5.97 Å². The maximum Gasteiger partial charge on any atom is 0.305 e. The van der Waals surface area contributed by atoms with E-state index in [1.807, 2.05) is 55.5 Å². The molecule has 15 heteroatoms. The Morgan fingerprint density at radius 3 is 1.57 bits per heavy atom. The van der Waals surface area contributed by atoms with Crippen molar-refractivity contribution in [2.75, 3.05) is 18.6 Å². The number of imide groups is 2. The molecule has 115 heavy (non-hydrogen) atoms. The number of benzene rings is 8. The van der Waals surface area contributed by atoms with E-state index in [0.29, 0.717) is 108 Å². The molecule has 11 aromatic rings. The molecular formula is C100H106N6O9. The Labute approximate surface area is 674 Å². The molecule has 8 aromatic carbocycles. The molecule has 4 aliphatic heterocycles. The van der Waals surface area contributed by atoms with Crippen molar-refractivity contribution in [1.82, 2.24) is 24.8 Å². The summed E-state index contributed by atoms with van der Waals surface area (Å²) in [5.74, 6) is -0.953. The molecule has 0 spiro atoms. The van der Waals surface area contributed by atoms with Crippen LogP contribution in [-0.2, 0) is 44.0 Å². The lowest BCUT2D eigenvalue weighted by Gasteiger charge is -2.32. The smallest absolute Gasteiger partial charge is 0.305 e. The molecule has 0 fully saturated rings. The zero-order valence-corrected chi connectivity index (χ0v) is 70.5. The quantitative estimate of drug-likeness (QED) is 0.0273. The third kappa shape index (κ3) is 13.0. The zero-order valence-electron chi connectivity index (χ0n) is 70.5. The first-order valence-electron chi connectivity index (χ1n) is 41.4. The minimum Gasteiger partial charge on any atom is -0.469 e. The summed E-state index contributed by atoms with van der Waals surface area (Å²) in [6.07, 6.45) is 8.01. The normalized spacial score (nSPS) is 15.9. The lowest BCUT2D eigenvalue weighted by molar-refractivity contribution is -0.140. The van der Waals surface area contributed by atoms with Crippen molar-refractivity contribution in [2.24, 2.45) is 0 Å². The molecule has 0 saturated carbocycles. The second-order valence-electron chi connectivity index (χ2n) is 36.9. The van der Waals surface area contributed by atoms with E-state index in [2.05, 4.69) is 183 Å². The average Bonchev–Trinajstić information content (AvgIpc) is 1.55. The van der Waals surface area contributed by atoms with E-state index >= 15 is 19.2 Å². The number of ether oxygens (including phenoxy) is 3. The maximum absolute atomic E-state index is 16.6. The highest BCUT2D eigenvalue weighted by Crippen LogP contribution is 2.55. The van der Waals surface area contributed by atoms with E-state index in [1.165, 1.54) is 16.9 Å². The number of nitrogens with one attached hydrogen (secondary N) is 2. The summed E-state index contributed by atoms with van der Waals surface area (Å²) in [4.78, 5) is 113. The molecule has 0 unspecified atom stereocenters. The van der Waals surface area contributed by atoms with Gasteiger partial charge in [-0.1, -0.05) is 179 Å². The Hall–Kier alpha value is -11.1. The molecular weight excluding hydrogens is 1430 g/mol. The number of unbranched alkanes of at least 4 members (excludes halogenated alkanes) is 5. The molecule has 2 atom stereocenters. The van der Waals surface area contributed by atoms with Crippen LogP contribution in [0.15, 0.2) is 109 Å². The van der Waals surface area contributed by atoms with Crippen LogP contribution in [0.5, 0.6) is 23.0 Å². The number of Topliss-reactive ketones (excluding diaryl/α,β-unsaturated/α-hetero) is 1. The van der Waals surface area contributed by atoms with Gasteiger partial charge < -0.3 is 24.2 Å². The van der Waals surface area contributed by atoms with Crippen LogP contribution in [0.3, 0.4) is 0 Å². The molecule has 16 rings (SSSR count). The van der Waals surface area contributed by atoms with E-state index in [0.717, 1.165) is 150 Å². The van der Waals surface area contributed by atoms with E-state index < -0.39 is 17.7 Å². The lowest BCUT2D eigenvalue weighted by Crippen LogP contribution is -2.41. The lowest BCUT2D eigenvalue weighted by atomic mass is 9.80. The van der Waals surface area contributed by atoms with E-state index in [4.69, 9.17) is 24.2 Å². The predicted molar refractivity (Wildman–Crippen MR) is 464 cm³/mol. The molecule has 15 nitrogen and oxygen atoms in total. The van der Waals surface area contributed by atoms with Crippen LogP contribution in [0.25, 0.3) is 87.4 Å². The highest BCUT2D eigenvalue weighted by atomic mass is 16.5. The van der Waals surface area contributed by atoms with Crippen LogP contribution < -0.4 is 14.4 Å². The number of amides is 4. The minimum atomic E-state index is -0.569. The Balaban J connectivity index is 0.928. The van der Waals surface area contributed by atoms with Crippen LogP contribution in [0.1, 0.15) is 306 Å². The number of allylic oxidation sites excluding steroid dienone is 2. The summed E-state index contributed by atoms with van der Waals surface area (Å²) in [7, 11) is 1.40. The number of hydrogen-bond acceptors (Lipinski definition) is 11. The molecule has 1 aliphatic carbocycles. The van der Waals surface area contributed by atoms with Crippen LogP contribution in [0.4, 0.5) is 5.69 Å². The molecule has 8 bridgehead atoms. The van der Waals surface area contributed by atoms with E-state index in [-0.39, 0.29) is 81.7 Å². The van der Waals surface area contributed by atoms with Gasteiger partial charge in [-0.25, -0.2) is 9.88 Å². The van der Waals surface area contributed by atoms with Gasteiger partial charge in [0.2, 0.25) is 0 Å². The van der Waals surface area contributed by atoms with E-state index in [1.54, 1.807) is 12.1 Å². The fourth-order valence-electron chi connectivity index (χ4n) is 18.7. The van der Waals surface area contributed by atoms with Gasteiger partial charge in [0.25, 0.3) is 23.6 Å². The fraction of sp³-hybridized carbons (Fsp3) is 0.380. The number of aromatic amines is 2. The summed E-state index contributed by atoms with van der Waals surface area (Å²) in [5.41, 5.74) is 19.3. The summed E-state index contributed by atoms with van der Waals surface area (Å²) in [5, 5.41) is 4.67. The molecule has 4 amide bonds. The molecule has 590 valence electrons. The summed E-state index contributed by atoms with van der Waals surface area (Å²) < 4.78 is 20.2. The molecule has 0 radical (unpaired) electrons. The standard InChI is InChI=1S/C100H106N6O9/c1-21-24-25-26-27-28-39-105-93(109)68-35-33-66-86-79(115-62-44-58(99(14,15)16)41-59(45-62)100(17,18)19)48-71-84-69(36-34-67(88(84)86)85-78(47-70(94(105)110)83(68)87(66)85)114-61-42-56(97(8,9)10)40-57(43-61)98(11,12)13)95(111)106(96(71)112)60-31-29-55(30-32-60)82-89-52(5)64(23-3)76(103-89)49-73-51(4)63(22-2)75(101-73)50-74-54(7)81-77(107)46-72(92(81)102-74)91-65(37-38-80(108)113-20)53(6)90(82)104-91/h29-36,40-45,47-50,53,65,102-103H,21-28,37-39,46H2,1-20H3/t53-,65-/m0/s1. The Morgan fingerprint density at radius 2 is 1.03 bits per heavy atom. The Morgan fingerprint density at radius 1 is 0.513 bits per heavy atom. The predicted octanol–water partition coefficient (Wildman–Crippen LogP) is 24.7. The number of methoxy groups -OCH3 is 1.